The van der Waals surface area contributed by atoms with Crippen LogP contribution in [0.15, 0.2) is 36.4 Å². The van der Waals surface area contributed by atoms with Crippen molar-refractivity contribution < 1.29 is 8.78 Å². The van der Waals surface area contributed by atoms with Crippen LogP contribution in [0.5, 0.6) is 0 Å². The van der Waals surface area contributed by atoms with Crippen LogP contribution in [0.25, 0.3) is 11.1 Å². The summed E-state index contributed by atoms with van der Waals surface area (Å²) in [5.74, 6) is 0.247. The number of halogens is 2. The Morgan fingerprint density at radius 2 is 1.54 bits per heavy atom. The molecule has 0 saturated heterocycles. The molecule has 2 aromatic carbocycles. The first kappa shape index (κ1) is 17.1. The molecule has 128 valence electrons. The fourth-order valence-electron chi connectivity index (χ4n) is 3.71. The second-order valence-corrected chi connectivity index (χ2v) is 7.42. The normalized spacial score (nSPS) is 21.0. The van der Waals surface area contributed by atoms with Crippen LogP contribution in [-0.2, 0) is 6.42 Å². The van der Waals surface area contributed by atoms with E-state index in [0.717, 1.165) is 23.8 Å². The smallest absolute Gasteiger partial charge is 0.166 e. The van der Waals surface area contributed by atoms with Crippen LogP contribution in [0.3, 0.4) is 0 Å². The number of aryl methyl sites for hydroxylation is 2. The zero-order valence-electron chi connectivity index (χ0n) is 14.6. The fourth-order valence-corrected chi connectivity index (χ4v) is 3.71. The molecule has 2 aromatic rings. The monoisotopic (exact) mass is 328 g/mol. The van der Waals surface area contributed by atoms with Crippen molar-refractivity contribution in [2.24, 2.45) is 11.8 Å². The third-order valence-corrected chi connectivity index (χ3v) is 5.52. The molecule has 1 aliphatic rings. The second-order valence-electron chi connectivity index (χ2n) is 7.42. The maximum Gasteiger partial charge on any atom is 0.166 e. The van der Waals surface area contributed by atoms with E-state index in [1.807, 2.05) is 12.1 Å². The van der Waals surface area contributed by atoms with Gasteiger partial charge in [0.15, 0.2) is 11.6 Å². The Kier molecular flexibility index (Phi) is 5.33. The van der Waals surface area contributed by atoms with E-state index in [1.54, 1.807) is 19.1 Å². The molecule has 24 heavy (non-hydrogen) atoms. The minimum absolute atomic E-state index is 0.339. The third kappa shape index (κ3) is 3.85. The number of rotatable bonds is 4. The summed E-state index contributed by atoms with van der Waals surface area (Å²) in [5, 5.41) is 0. The van der Waals surface area contributed by atoms with Crippen molar-refractivity contribution in [2.45, 2.75) is 52.4 Å². The predicted molar refractivity (Wildman–Crippen MR) is 96.0 cm³/mol. The Morgan fingerprint density at radius 1 is 0.875 bits per heavy atom. The van der Waals surface area contributed by atoms with Crippen LogP contribution in [0.2, 0.25) is 0 Å². The van der Waals surface area contributed by atoms with Gasteiger partial charge < -0.3 is 0 Å². The highest BCUT2D eigenvalue weighted by Crippen LogP contribution is 2.31. The van der Waals surface area contributed by atoms with E-state index in [4.69, 9.17) is 0 Å². The van der Waals surface area contributed by atoms with Gasteiger partial charge in [-0.05, 0) is 48.3 Å². The van der Waals surface area contributed by atoms with Crippen LogP contribution in [0.4, 0.5) is 8.78 Å². The highest BCUT2D eigenvalue weighted by molar-refractivity contribution is 5.65. The summed E-state index contributed by atoms with van der Waals surface area (Å²) < 4.78 is 27.8. The minimum atomic E-state index is -0.751. The molecule has 2 heteroatoms. The summed E-state index contributed by atoms with van der Waals surface area (Å²) in [7, 11) is 0. The Bertz CT molecular complexity index is 680. The molecule has 0 N–H and O–H groups in total. The van der Waals surface area contributed by atoms with Crippen LogP contribution in [0.1, 0.15) is 50.2 Å². The molecule has 0 unspecified atom stereocenters. The van der Waals surface area contributed by atoms with Crippen LogP contribution in [-0.4, -0.2) is 0 Å². The Morgan fingerprint density at radius 3 is 2.21 bits per heavy atom. The topological polar surface area (TPSA) is 0 Å². The van der Waals surface area contributed by atoms with Crippen molar-refractivity contribution in [3.05, 3.63) is 59.2 Å². The quantitative estimate of drug-likeness (QED) is 0.586. The van der Waals surface area contributed by atoms with Gasteiger partial charge in [-0.25, -0.2) is 8.78 Å². The van der Waals surface area contributed by atoms with Gasteiger partial charge in [-0.3, -0.25) is 0 Å². The Labute approximate surface area is 143 Å². The first-order chi connectivity index (χ1) is 11.5. The van der Waals surface area contributed by atoms with Crippen LogP contribution >= 0.6 is 0 Å². The highest BCUT2D eigenvalue weighted by Gasteiger charge is 2.18. The van der Waals surface area contributed by atoms with Crippen molar-refractivity contribution >= 4 is 0 Å². The van der Waals surface area contributed by atoms with Crippen molar-refractivity contribution in [2.75, 3.05) is 0 Å². The maximum atomic E-state index is 14.1. The molecule has 0 amide bonds. The van der Waals surface area contributed by atoms with Gasteiger partial charge in [0.1, 0.15) is 0 Å². The first-order valence-electron chi connectivity index (χ1n) is 9.08. The first-order valence-corrected chi connectivity index (χ1v) is 9.08. The average Bonchev–Trinajstić information content (AvgIpc) is 2.60. The van der Waals surface area contributed by atoms with Crippen molar-refractivity contribution in [3.8, 4) is 11.1 Å². The molecule has 1 fully saturated rings. The molecule has 0 aliphatic heterocycles. The molecule has 0 nitrogen and oxygen atoms in total. The fraction of sp³-hybridized carbons (Fsp3) is 0.455. The molecule has 1 aliphatic carbocycles. The third-order valence-electron chi connectivity index (χ3n) is 5.52. The van der Waals surface area contributed by atoms with Gasteiger partial charge in [0.2, 0.25) is 0 Å². The average molecular weight is 328 g/mol. The molecule has 0 spiro atoms. The summed E-state index contributed by atoms with van der Waals surface area (Å²) in [4.78, 5) is 0. The minimum Gasteiger partial charge on any atom is -0.203 e. The summed E-state index contributed by atoms with van der Waals surface area (Å²) in [6, 6.07) is 11.2. The summed E-state index contributed by atoms with van der Waals surface area (Å²) in [6.45, 7) is 3.93. The van der Waals surface area contributed by atoms with Gasteiger partial charge in [-0.15, -0.1) is 0 Å². The molecule has 0 bridgehead atoms. The summed E-state index contributed by atoms with van der Waals surface area (Å²) >= 11 is 0. The SMILES string of the molecule is Cc1ccc(-c2ccc(CCC3CCC(C)CC3)cc2)c(F)c1F. The lowest BCUT2D eigenvalue weighted by molar-refractivity contribution is 0.278. The van der Waals surface area contributed by atoms with Crippen molar-refractivity contribution in [3.63, 3.8) is 0 Å². The standard InChI is InChI=1S/C22H26F2/c1-15-3-6-17(7-4-15)8-9-18-10-12-19(13-11-18)20-14-5-16(2)21(23)22(20)24/h5,10-15,17H,3-4,6-9H2,1-2H3. The van der Waals surface area contributed by atoms with Gasteiger partial charge in [-0.1, -0.05) is 69.0 Å². The van der Waals surface area contributed by atoms with Crippen LogP contribution in [0, 0.1) is 30.4 Å². The van der Waals surface area contributed by atoms with Crippen molar-refractivity contribution in [1.29, 1.82) is 0 Å². The van der Waals surface area contributed by atoms with Crippen LogP contribution < -0.4 is 0 Å². The zero-order valence-corrected chi connectivity index (χ0v) is 14.6. The van der Waals surface area contributed by atoms with Gasteiger partial charge >= 0.3 is 0 Å². The number of hydrogen-bond donors (Lipinski definition) is 0. The lowest BCUT2D eigenvalue weighted by atomic mass is 9.80. The zero-order chi connectivity index (χ0) is 17.1. The van der Waals surface area contributed by atoms with E-state index in [-0.39, 0.29) is 0 Å². The van der Waals surface area contributed by atoms with Crippen molar-refractivity contribution in [1.82, 2.24) is 0 Å². The molecule has 1 saturated carbocycles. The molecular formula is C22H26F2. The van der Waals surface area contributed by atoms with E-state index in [1.165, 1.54) is 37.7 Å². The van der Waals surface area contributed by atoms with E-state index < -0.39 is 11.6 Å². The molecule has 0 heterocycles. The van der Waals surface area contributed by atoms with Gasteiger partial charge in [0.25, 0.3) is 0 Å². The Balaban J connectivity index is 1.64. The summed E-state index contributed by atoms with van der Waals surface area (Å²) in [5.41, 5.74) is 2.70. The van der Waals surface area contributed by atoms with E-state index in [9.17, 15) is 8.78 Å². The second kappa shape index (κ2) is 7.46. The van der Waals surface area contributed by atoms with E-state index in [2.05, 4.69) is 19.1 Å². The van der Waals surface area contributed by atoms with E-state index in [0.29, 0.717) is 11.1 Å². The maximum absolute atomic E-state index is 14.1. The van der Waals surface area contributed by atoms with Gasteiger partial charge in [0, 0.05) is 5.56 Å². The molecule has 0 aromatic heterocycles. The predicted octanol–water partition coefficient (Wildman–Crippen LogP) is 6.70. The lowest BCUT2D eigenvalue weighted by Gasteiger charge is -2.26. The van der Waals surface area contributed by atoms with Gasteiger partial charge in [-0.2, -0.15) is 0 Å². The largest absolute Gasteiger partial charge is 0.203 e. The molecule has 3 rings (SSSR count). The number of hydrogen-bond acceptors (Lipinski definition) is 0. The van der Waals surface area contributed by atoms with E-state index >= 15 is 0 Å². The highest BCUT2D eigenvalue weighted by atomic mass is 19.2. The molecule has 0 radical (unpaired) electrons. The Hall–Kier alpha value is -1.70. The lowest BCUT2D eigenvalue weighted by Crippen LogP contribution is -2.12. The molecule has 0 atom stereocenters. The summed E-state index contributed by atoms with van der Waals surface area (Å²) in [6.07, 6.45) is 7.74. The van der Waals surface area contributed by atoms with Gasteiger partial charge in [0.05, 0.1) is 0 Å². The molecular weight excluding hydrogens is 302 g/mol. The number of benzene rings is 2.